The number of likely N-dealkylation sites (tertiary alicyclic amines) is 2. The molecule has 2 aliphatic heterocycles. The van der Waals surface area contributed by atoms with Gasteiger partial charge < -0.3 is 19.3 Å². The van der Waals surface area contributed by atoms with Crippen molar-refractivity contribution >= 4 is 35.1 Å². The van der Waals surface area contributed by atoms with Crippen LogP contribution >= 0.6 is 11.3 Å². The molecule has 9 heteroatoms. The first-order valence-corrected chi connectivity index (χ1v) is 10.3. The van der Waals surface area contributed by atoms with Crippen molar-refractivity contribution in [3.8, 4) is 0 Å². The van der Waals surface area contributed by atoms with E-state index < -0.39 is 12.0 Å². The number of rotatable bonds is 5. The van der Waals surface area contributed by atoms with E-state index in [0.717, 1.165) is 6.42 Å². The van der Waals surface area contributed by atoms with Crippen molar-refractivity contribution in [2.24, 2.45) is 5.92 Å². The Balaban J connectivity index is 1.48. The molecule has 0 saturated carbocycles. The molecule has 1 aromatic heterocycles. The van der Waals surface area contributed by atoms with E-state index in [0.29, 0.717) is 43.8 Å². The fraction of sp³-hybridized carbons (Fsp3) is 0.579. The number of thiophene rings is 1. The summed E-state index contributed by atoms with van der Waals surface area (Å²) in [6, 6.07) is 2.88. The number of amides is 2. The van der Waals surface area contributed by atoms with Gasteiger partial charge in [-0.3, -0.25) is 14.4 Å². The van der Waals surface area contributed by atoms with Crippen LogP contribution in [0.4, 0.5) is 0 Å². The molecule has 3 rings (SSSR count). The van der Waals surface area contributed by atoms with E-state index in [9.17, 15) is 19.2 Å². The summed E-state index contributed by atoms with van der Waals surface area (Å²) in [5.74, 6) is -1.45. The zero-order valence-corrected chi connectivity index (χ0v) is 16.6. The first-order chi connectivity index (χ1) is 13.5. The number of carbonyl (C=O) groups excluding carboxylic acids is 4. The summed E-state index contributed by atoms with van der Waals surface area (Å²) in [5, 5.41) is 1.82. The number of hydrogen-bond acceptors (Lipinski definition) is 7. The summed E-state index contributed by atoms with van der Waals surface area (Å²) < 4.78 is 9.96. The molecule has 0 aliphatic carbocycles. The number of carbonyl (C=O) groups is 4. The lowest BCUT2D eigenvalue weighted by molar-refractivity contribution is -0.156. The minimum atomic E-state index is -0.646. The third-order valence-corrected chi connectivity index (χ3v) is 6.10. The zero-order chi connectivity index (χ0) is 20.1. The van der Waals surface area contributed by atoms with Crippen LogP contribution in [0, 0.1) is 5.92 Å². The van der Waals surface area contributed by atoms with Crippen LogP contribution in [-0.2, 0) is 23.9 Å². The van der Waals surface area contributed by atoms with Crippen molar-refractivity contribution < 1.29 is 28.7 Å². The van der Waals surface area contributed by atoms with Crippen LogP contribution in [0.25, 0.3) is 0 Å². The molecule has 2 fully saturated rings. The largest absolute Gasteiger partial charge is 0.469 e. The molecule has 2 aliphatic rings. The van der Waals surface area contributed by atoms with Gasteiger partial charge in [0.15, 0.2) is 6.61 Å². The van der Waals surface area contributed by atoms with Crippen LogP contribution < -0.4 is 0 Å². The second kappa shape index (κ2) is 9.18. The monoisotopic (exact) mass is 408 g/mol. The second-order valence-electron chi connectivity index (χ2n) is 6.92. The average molecular weight is 408 g/mol. The van der Waals surface area contributed by atoms with Crippen LogP contribution in [0.3, 0.4) is 0 Å². The van der Waals surface area contributed by atoms with E-state index in [2.05, 4.69) is 0 Å². The van der Waals surface area contributed by atoms with E-state index in [1.165, 1.54) is 23.3 Å². The Hall–Kier alpha value is -2.42. The quantitative estimate of drug-likeness (QED) is 0.682. The number of piperidine rings is 1. The lowest BCUT2D eigenvalue weighted by atomic mass is 9.97. The van der Waals surface area contributed by atoms with Gasteiger partial charge in [0.05, 0.1) is 17.9 Å². The normalized spacial score (nSPS) is 20.1. The van der Waals surface area contributed by atoms with Crippen LogP contribution in [0.1, 0.15) is 35.4 Å². The van der Waals surface area contributed by atoms with Crippen LogP contribution in [0.15, 0.2) is 17.5 Å². The Morgan fingerprint density at radius 1 is 1.11 bits per heavy atom. The molecule has 1 unspecified atom stereocenters. The fourth-order valence-corrected chi connectivity index (χ4v) is 4.33. The molecule has 1 aromatic rings. The van der Waals surface area contributed by atoms with Crippen LogP contribution in [-0.4, -0.2) is 72.9 Å². The molecule has 0 bridgehead atoms. The van der Waals surface area contributed by atoms with Gasteiger partial charge in [0.2, 0.25) is 0 Å². The zero-order valence-electron chi connectivity index (χ0n) is 15.8. The molecule has 0 aromatic carbocycles. The first-order valence-electron chi connectivity index (χ1n) is 9.38. The predicted molar refractivity (Wildman–Crippen MR) is 101 cm³/mol. The Labute approximate surface area is 167 Å². The van der Waals surface area contributed by atoms with Crippen molar-refractivity contribution in [1.29, 1.82) is 0 Å². The molecule has 152 valence electrons. The first kappa shape index (κ1) is 20.3. The Bertz CT molecular complexity index is 727. The van der Waals surface area contributed by atoms with Gasteiger partial charge in [-0.25, -0.2) is 4.79 Å². The Morgan fingerprint density at radius 3 is 2.50 bits per heavy atom. The van der Waals surface area contributed by atoms with Gasteiger partial charge in [-0.05, 0) is 37.1 Å². The van der Waals surface area contributed by atoms with Gasteiger partial charge >= 0.3 is 11.9 Å². The number of hydrogen-bond donors (Lipinski definition) is 0. The standard InChI is InChI=1S/C19H24N2O6S/c1-26-18(24)13-6-9-20(10-7-13)16(22)12-27-19(25)14-4-2-8-21(14)17(23)15-5-3-11-28-15/h3,5,11,13-14H,2,4,6-10,12H2,1H3. The Morgan fingerprint density at radius 2 is 1.86 bits per heavy atom. The van der Waals surface area contributed by atoms with Crippen molar-refractivity contribution in [3.05, 3.63) is 22.4 Å². The van der Waals surface area contributed by atoms with Crippen molar-refractivity contribution in [3.63, 3.8) is 0 Å². The maximum Gasteiger partial charge on any atom is 0.329 e. The minimum Gasteiger partial charge on any atom is -0.469 e. The maximum atomic E-state index is 12.5. The van der Waals surface area contributed by atoms with Crippen molar-refractivity contribution in [1.82, 2.24) is 9.80 Å². The molecule has 28 heavy (non-hydrogen) atoms. The summed E-state index contributed by atoms with van der Waals surface area (Å²) >= 11 is 1.34. The van der Waals surface area contributed by atoms with E-state index >= 15 is 0 Å². The molecular formula is C19H24N2O6S. The van der Waals surface area contributed by atoms with E-state index in [-0.39, 0.29) is 30.3 Å². The van der Waals surface area contributed by atoms with E-state index in [4.69, 9.17) is 9.47 Å². The average Bonchev–Trinajstić information content (AvgIpc) is 3.43. The summed E-state index contributed by atoms with van der Waals surface area (Å²) in [6.45, 7) is 1.02. The molecule has 0 N–H and O–H groups in total. The van der Waals surface area contributed by atoms with Crippen LogP contribution in [0.2, 0.25) is 0 Å². The summed E-state index contributed by atoms with van der Waals surface area (Å²) in [7, 11) is 1.36. The third-order valence-electron chi connectivity index (χ3n) is 5.24. The van der Waals surface area contributed by atoms with Gasteiger partial charge in [-0.15, -0.1) is 11.3 Å². The van der Waals surface area contributed by atoms with Gasteiger partial charge in [0.25, 0.3) is 11.8 Å². The molecule has 0 radical (unpaired) electrons. The highest BCUT2D eigenvalue weighted by Gasteiger charge is 2.36. The molecule has 3 heterocycles. The number of ether oxygens (including phenoxy) is 2. The molecule has 8 nitrogen and oxygen atoms in total. The van der Waals surface area contributed by atoms with Gasteiger partial charge in [-0.1, -0.05) is 6.07 Å². The minimum absolute atomic E-state index is 0.175. The fourth-order valence-electron chi connectivity index (χ4n) is 3.65. The SMILES string of the molecule is COC(=O)C1CCN(C(=O)COC(=O)C2CCCN2C(=O)c2cccs2)CC1. The third kappa shape index (κ3) is 4.52. The van der Waals surface area contributed by atoms with Gasteiger partial charge in [0.1, 0.15) is 6.04 Å². The molecule has 2 saturated heterocycles. The number of methoxy groups -OCH3 is 1. The van der Waals surface area contributed by atoms with E-state index in [1.807, 2.05) is 5.38 Å². The predicted octanol–water partition coefficient (Wildman–Crippen LogP) is 1.31. The lowest BCUT2D eigenvalue weighted by Gasteiger charge is -2.30. The smallest absolute Gasteiger partial charge is 0.329 e. The highest BCUT2D eigenvalue weighted by molar-refractivity contribution is 7.12. The summed E-state index contributed by atoms with van der Waals surface area (Å²) in [6.07, 6.45) is 2.34. The topological polar surface area (TPSA) is 93.2 Å². The van der Waals surface area contributed by atoms with Crippen molar-refractivity contribution in [2.75, 3.05) is 33.4 Å². The van der Waals surface area contributed by atoms with Crippen LogP contribution in [0.5, 0.6) is 0 Å². The van der Waals surface area contributed by atoms with E-state index in [1.54, 1.807) is 17.0 Å². The highest BCUT2D eigenvalue weighted by atomic mass is 32.1. The second-order valence-corrected chi connectivity index (χ2v) is 7.87. The Kier molecular flexibility index (Phi) is 6.66. The summed E-state index contributed by atoms with van der Waals surface area (Å²) in [5.41, 5.74) is 0. The van der Waals surface area contributed by atoms with Gasteiger partial charge in [-0.2, -0.15) is 0 Å². The van der Waals surface area contributed by atoms with Crippen molar-refractivity contribution in [2.45, 2.75) is 31.7 Å². The molecule has 0 spiro atoms. The molecule has 2 amide bonds. The maximum absolute atomic E-state index is 12.5. The molecule has 1 atom stereocenters. The van der Waals surface area contributed by atoms with Gasteiger partial charge in [0, 0.05) is 19.6 Å². The highest BCUT2D eigenvalue weighted by Crippen LogP contribution is 2.23. The number of nitrogens with zero attached hydrogens (tertiary/aromatic N) is 2. The lowest BCUT2D eigenvalue weighted by Crippen LogP contribution is -2.44. The summed E-state index contributed by atoms with van der Waals surface area (Å²) in [4.78, 5) is 52.6. The molecular weight excluding hydrogens is 384 g/mol. The number of esters is 2.